The lowest BCUT2D eigenvalue weighted by atomic mass is 10.1. The van der Waals surface area contributed by atoms with Crippen molar-refractivity contribution in [3.8, 4) is 11.3 Å². The Kier molecular flexibility index (Phi) is 4.50. The van der Waals surface area contributed by atoms with Crippen molar-refractivity contribution < 1.29 is 18.9 Å². The molecule has 0 radical (unpaired) electrons. The highest BCUT2D eigenvalue weighted by atomic mass is 16.6. The van der Waals surface area contributed by atoms with E-state index in [1.165, 1.54) is 6.08 Å². The van der Waals surface area contributed by atoms with Gasteiger partial charge in [-0.1, -0.05) is 12.1 Å². The average molecular weight is 287 g/mol. The van der Waals surface area contributed by atoms with Gasteiger partial charge in [0.05, 0.1) is 23.2 Å². The molecule has 2 rings (SSSR count). The predicted octanol–water partition coefficient (Wildman–Crippen LogP) is 3.37. The molecule has 0 spiro atoms. The molecule has 0 fully saturated rings. The third-order valence-electron chi connectivity index (χ3n) is 2.67. The molecular weight excluding hydrogens is 274 g/mol. The van der Waals surface area contributed by atoms with Crippen molar-refractivity contribution >= 4 is 12.0 Å². The summed E-state index contributed by atoms with van der Waals surface area (Å²) < 4.78 is 10.4. The second-order valence-corrected chi connectivity index (χ2v) is 4.10. The van der Waals surface area contributed by atoms with E-state index in [4.69, 9.17) is 9.15 Å². The molecule has 0 amide bonds. The van der Waals surface area contributed by atoms with Crippen molar-refractivity contribution in [2.75, 3.05) is 6.61 Å². The zero-order chi connectivity index (χ0) is 15.2. The monoisotopic (exact) mass is 287 g/mol. The van der Waals surface area contributed by atoms with Crippen LogP contribution in [0.25, 0.3) is 17.4 Å². The van der Waals surface area contributed by atoms with Crippen LogP contribution in [0.4, 0.5) is 0 Å². The topological polar surface area (TPSA) is 82.6 Å². The molecule has 1 aromatic carbocycles. The normalized spacial score (nSPS) is 10.7. The molecule has 0 atom stereocenters. The van der Waals surface area contributed by atoms with Crippen LogP contribution >= 0.6 is 0 Å². The maximum Gasteiger partial charge on any atom is 0.338 e. The molecule has 0 saturated heterocycles. The second-order valence-electron chi connectivity index (χ2n) is 4.10. The van der Waals surface area contributed by atoms with E-state index in [2.05, 4.69) is 0 Å². The molecule has 0 N–H and O–H groups in total. The molecule has 0 bridgehead atoms. The summed E-state index contributed by atoms with van der Waals surface area (Å²) in [5.74, 6) is 0.572. The first-order chi connectivity index (χ1) is 10.1. The summed E-state index contributed by atoms with van der Waals surface area (Å²) in [5.41, 5.74) is 1.23. The lowest BCUT2D eigenvalue weighted by molar-refractivity contribution is -0.401. The number of benzene rings is 1. The minimum Gasteiger partial charge on any atom is -0.462 e. The van der Waals surface area contributed by atoms with Crippen LogP contribution in [0.15, 0.2) is 47.0 Å². The molecule has 0 aliphatic heterocycles. The van der Waals surface area contributed by atoms with E-state index >= 15 is 0 Å². The number of rotatable bonds is 5. The van der Waals surface area contributed by atoms with E-state index in [0.717, 1.165) is 11.8 Å². The Morgan fingerprint density at radius 3 is 2.62 bits per heavy atom. The summed E-state index contributed by atoms with van der Waals surface area (Å²) in [6, 6.07) is 10.1. The summed E-state index contributed by atoms with van der Waals surface area (Å²) in [4.78, 5) is 21.2. The van der Waals surface area contributed by atoms with Gasteiger partial charge in [0.1, 0.15) is 11.5 Å². The van der Waals surface area contributed by atoms with Gasteiger partial charge in [-0.25, -0.2) is 4.79 Å². The minimum absolute atomic E-state index is 0.324. The van der Waals surface area contributed by atoms with Gasteiger partial charge in [0.25, 0.3) is 0 Å². The minimum atomic E-state index is -0.559. The molecule has 1 aromatic heterocycles. The van der Waals surface area contributed by atoms with E-state index in [0.29, 0.717) is 23.7 Å². The highest BCUT2D eigenvalue weighted by Crippen LogP contribution is 2.23. The van der Waals surface area contributed by atoms with E-state index in [-0.39, 0.29) is 5.97 Å². The van der Waals surface area contributed by atoms with Crippen LogP contribution in [0, 0.1) is 10.1 Å². The van der Waals surface area contributed by atoms with Crippen LogP contribution < -0.4 is 0 Å². The zero-order valence-corrected chi connectivity index (χ0v) is 11.3. The highest BCUT2D eigenvalue weighted by Gasteiger charge is 2.08. The van der Waals surface area contributed by atoms with E-state index in [1.54, 1.807) is 43.3 Å². The fourth-order valence-corrected chi connectivity index (χ4v) is 1.72. The summed E-state index contributed by atoms with van der Waals surface area (Å²) in [7, 11) is 0. The molecule has 0 aliphatic carbocycles. The number of hydrogen-bond acceptors (Lipinski definition) is 5. The molecule has 6 nitrogen and oxygen atoms in total. The fraction of sp³-hybridized carbons (Fsp3) is 0.133. The summed E-state index contributed by atoms with van der Waals surface area (Å²) in [6.07, 6.45) is 2.09. The van der Waals surface area contributed by atoms with E-state index < -0.39 is 4.92 Å². The highest BCUT2D eigenvalue weighted by molar-refractivity contribution is 5.89. The van der Waals surface area contributed by atoms with Crippen molar-refractivity contribution in [2.24, 2.45) is 0 Å². The zero-order valence-electron chi connectivity index (χ0n) is 11.3. The molecule has 1 heterocycles. The van der Waals surface area contributed by atoms with Gasteiger partial charge in [-0.05, 0) is 31.2 Å². The summed E-state index contributed by atoms with van der Waals surface area (Å²) in [5, 5.41) is 10.2. The molecular formula is C15H13NO5. The van der Waals surface area contributed by atoms with Crippen LogP contribution in [0.5, 0.6) is 0 Å². The number of furan rings is 1. The van der Waals surface area contributed by atoms with Crippen LogP contribution in [-0.4, -0.2) is 17.5 Å². The van der Waals surface area contributed by atoms with Gasteiger partial charge in [0, 0.05) is 5.56 Å². The van der Waals surface area contributed by atoms with Gasteiger partial charge in [-0.15, -0.1) is 0 Å². The number of nitrogens with zero attached hydrogens (tertiary/aromatic N) is 1. The van der Waals surface area contributed by atoms with Gasteiger partial charge in [0.2, 0.25) is 6.20 Å². The molecule has 0 saturated carbocycles. The largest absolute Gasteiger partial charge is 0.462 e. The van der Waals surface area contributed by atoms with Gasteiger partial charge in [-0.3, -0.25) is 10.1 Å². The molecule has 0 unspecified atom stereocenters. The Bertz CT molecular complexity index is 670. The van der Waals surface area contributed by atoms with Crippen LogP contribution in [-0.2, 0) is 4.74 Å². The number of esters is 1. The Morgan fingerprint density at radius 1 is 1.29 bits per heavy atom. The Morgan fingerprint density at radius 2 is 2.00 bits per heavy atom. The molecule has 21 heavy (non-hydrogen) atoms. The first kappa shape index (κ1) is 14.5. The molecule has 2 aromatic rings. The quantitative estimate of drug-likeness (QED) is 0.478. The number of carbonyl (C=O) groups is 1. The van der Waals surface area contributed by atoms with Crippen LogP contribution in [0.2, 0.25) is 0 Å². The van der Waals surface area contributed by atoms with Gasteiger partial charge >= 0.3 is 5.97 Å². The molecule has 108 valence electrons. The van der Waals surface area contributed by atoms with Crippen LogP contribution in [0.1, 0.15) is 23.0 Å². The fourth-order valence-electron chi connectivity index (χ4n) is 1.72. The van der Waals surface area contributed by atoms with Crippen molar-refractivity contribution in [3.05, 3.63) is 64.0 Å². The predicted molar refractivity (Wildman–Crippen MR) is 76.1 cm³/mol. The third-order valence-corrected chi connectivity index (χ3v) is 2.67. The van der Waals surface area contributed by atoms with E-state index in [9.17, 15) is 14.9 Å². The lowest BCUT2D eigenvalue weighted by Gasteiger charge is -2.02. The van der Waals surface area contributed by atoms with Gasteiger partial charge in [-0.2, -0.15) is 0 Å². The molecule has 0 aliphatic rings. The lowest BCUT2D eigenvalue weighted by Crippen LogP contribution is -2.03. The number of ether oxygens (including phenoxy) is 1. The first-order valence-corrected chi connectivity index (χ1v) is 6.29. The first-order valence-electron chi connectivity index (χ1n) is 6.29. The number of nitro groups is 1. The Labute approximate surface area is 120 Å². The van der Waals surface area contributed by atoms with Gasteiger partial charge < -0.3 is 9.15 Å². The summed E-state index contributed by atoms with van der Waals surface area (Å²) in [6.45, 7) is 2.07. The van der Waals surface area contributed by atoms with Crippen molar-refractivity contribution in [3.63, 3.8) is 0 Å². The van der Waals surface area contributed by atoms with E-state index in [1.807, 2.05) is 0 Å². The Balaban J connectivity index is 2.15. The SMILES string of the molecule is CCOC(=O)c1ccc(-c2ccc(C=C[N+](=O)[O-])o2)cc1. The van der Waals surface area contributed by atoms with Gasteiger partial charge in [0.15, 0.2) is 0 Å². The second kappa shape index (κ2) is 6.51. The Hall–Kier alpha value is -2.89. The number of hydrogen-bond donors (Lipinski definition) is 0. The van der Waals surface area contributed by atoms with Crippen molar-refractivity contribution in [2.45, 2.75) is 6.92 Å². The smallest absolute Gasteiger partial charge is 0.338 e. The maximum absolute atomic E-state index is 11.5. The van der Waals surface area contributed by atoms with Crippen molar-refractivity contribution in [1.29, 1.82) is 0 Å². The summed E-state index contributed by atoms with van der Waals surface area (Å²) >= 11 is 0. The average Bonchev–Trinajstić information content (AvgIpc) is 2.94. The number of carbonyl (C=O) groups excluding carboxylic acids is 1. The van der Waals surface area contributed by atoms with Crippen LogP contribution in [0.3, 0.4) is 0 Å². The van der Waals surface area contributed by atoms with Crippen molar-refractivity contribution in [1.82, 2.24) is 0 Å². The molecule has 6 heteroatoms. The standard InChI is InChI=1S/C15H13NO5/c1-2-20-15(17)12-5-3-11(4-6-12)14-8-7-13(21-14)9-10-16(18)19/h3-10H,2H2,1H3. The maximum atomic E-state index is 11.5. The third kappa shape index (κ3) is 3.79.